The van der Waals surface area contributed by atoms with Gasteiger partial charge in [0.25, 0.3) is 0 Å². The summed E-state index contributed by atoms with van der Waals surface area (Å²) in [6, 6.07) is 10.5. The van der Waals surface area contributed by atoms with Crippen molar-refractivity contribution >= 4 is 21.5 Å². The van der Waals surface area contributed by atoms with Gasteiger partial charge in [0, 0.05) is 6.20 Å². The van der Waals surface area contributed by atoms with Gasteiger partial charge in [0.15, 0.2) is 5.60 Å². The number of hydrogen-bond donors (Lipinski definition) is 0. The zero-order valence-electron chi connectivity index (χ0n) is 16.1. The van der Waals surface area contributed by atoms with Crippen molar-refractivity contribution in [2.75, 3.05) is 6.26 Å². The first-order chi connectivity index (χ1) is 13.0. The lowest BCUT2D eigenvalue weighted by Gasteiger charge is -2.16. The molecule has 0 radical (unpaired) electrons. The van der Waals surface area contributed by atoms with E-state index in [4.69, 9.17) is 13.7 Å². The Morgan fingerprint density at radius 3 is 2.36 bits per heavy atom. The van der Waals surface area contributed by atoms with Crippen molar-refractivity contribution in [3.8, 4) is 5.75 Å². The third-order valence-corrected chi connectivity index (χ3v) is 4.51. The molecule has 1 aliphatic heterocycles. The van der Waals surface area contributed by atoms with Crippen LogP contribution in [0.5, 0.6) is 5.75 Å². The van der Waals surface area contributed by atoms with Crippen molar-refractivity contribution in [2.24, 2.45) is 0 Å². The molecule has 3 rings (SSSR count). The minimum Gasteiger partial charge on any atom is -0.487 e. The number of hydrogen-bond acceptors (Lipinski definition) is 7. The molecule has 0 saturated heterocycles. The van der Waals surface area contributed by atoms with Crippen LogP contribution in [0.1, 0.15) is 30.7 Å². The maximum absolute atomic E-state index is 12.6. The number of rotatable bonds is 6. The number of Topliss-reactive ketones (excluding diaryl/α,β-unsaturated/α-hetero) is 1. The summed E-state index contributed by atoms with van der Waals surface area (Å²) >= 11 is 0. The fraction of sp³-hybridized carbons (Fsp3) is 0.300. The molecule has 8 heteroatoms. The van der Waals surface area contributed by atoms with Crippen LogP contribution in [0.2, 0.25) is 0 Å². The Kier molecular flexibility index (Phi) is 5.16. The van der Waals surface area contributed by atoms with Crippen LogP contribution in [0.15, 0.2) is 48.5 Å². The molecule has 2 heterocycles. The lowest BCUT2D eigenvalue weighted by Crippen LogP contribution is -2.29. The van der Waals surface area contributed by atoms with E-state index in [9.17, 15) is 13.2 Å². The number of aryl methyl sites for hydroxylation is 1. The second kappa shape index (κ2) is 7.27. The Morgan fingerprint density at radius 1 is 1.11 bits per heavy atom. The molecule has 0 atom stereocenters. The van der Waals surface area contributed by atoms with Crippen molar-refractivity contribution in [2.45, 2.75) is 33.0 Å². The highest BCUT2D eigenvalue weighted by Gasteiger charge is 2.44. The first kappa shape index (κ1) is 19.9. The van der Waals surface area contributed by atoms with E-state index in [0.717, 1.165) is 17.5 Å². The number of ether oxygens (including phenoxy) is 2. The van der Waals surface area contributed by atoms with Gasteiger partial charge in [0.05, 0.1) is 11.9 Å². The molecule has 0 fully saturated rings. The van der Waals surface area contributed by atoms with Crippen molar-refractivity contribution in [1.82, 2.24) is 4.98 Å². The normalized spacial score (nSPS) is 16.1. The number of benzene rings is 1. The van der Waals surface area contributed by atoms with E-state index in [-0.39, 0.29) is 17.3 Å². The summed E-state index contributed by atoms with van der Waals surface area (Å²) in [5, 5.41) is 0. The lowest BCUT2D eigenvalue weighted by atomic mass is 9.94. The second-order valence-electron chi connectivity index (χ2n) is 7.03. The maximum atomic E-state index is 12.6. The Morgan fingerprint density at radius 2 is 1.79 bits per heavy atom. The van der Waals surface area contributed by atoms with E-state index in [1.807, 2.05) is 19.1 Å². The van der Waals surface area contributed by atoms with Crippen molar-refractivity contribution in [1.29, 1.82) is 0 Å². The van der Waals surface area contributed by atoms with Gasteiger partial charge in [-0.15, -0.1) is 0 Å². The third kappa shape index (κ3) is 4.51. The molecule has 0 bridgehead atoms. The first-order valence-electron chi connectivity index (χ1n) is 8.57. The summed E-state index contributed by atoms with van der Waals surface area (Å²) in [6.45, 7) is 5.38. The molecular weight excluding hydrogens is 382 g/mol. The molecule has 0 N–H and O–H groups in total. The van der Waals surface area contributed by atoms with Crippen LogP contribution in [-0.4, -0.2) is 31.0 Å². The second-order valence-corrected chi connectivity index (χ2v) is 8.61. The van der Waals surface area contributed by atoms with Gasteiger partial charge in [-0.1, -0.05) is 18.2 Å². The zero-order chi connectivity index (χ0) is 20.5. The predicted molar refractivity (Wildman–Crippen MR) is 103 cm³/mol. The van der Waals surface area contributed by atoms with Crippen LogP contribution >= 0.6 is 0 Å². The quantitative estimate of drug-likeness (QED) is 0.685. The Balaban J connectivity index is 1.81. The SMILES string of the molecule is Cc1ccc(COc2ccc(C3=C(OS(C)(=O)=O)OC(C)(C)C3=O)cc2)nc1. The van der Waals surface area contributed by atoms with E-state index < -0.39 is 15.7 Å². The summed E-state index contributed by atoms with van der Waals surface area (Å²) in [5.74, 6) is -0.0818. The van der Waals surface area contributed by atoms with E-state index in [2.05, 4.69) is 4.98 Å². The number of carbonyl (C=O) groups excluding carboxylic acids is 1. The number of ketones is 1. The molecule has 0 saturated carbocycles. The average Bonchev–Trinajstić information content (AvgIpc) is 2.82. The molecule has 0 spiro atoms. The van der Waals surface area contributed by atoms with Gasteiger partial charge < -0.3 is 13.7 Å². The minimum atomic E-state index is -3.84. The van der Waals surface area contributed by atoms with E-state index >= 15 is 0 Å². The molecule has 1 aliphatic rings. The lowest BCUT2D eigenvalue weighted by molar-refractivity contribution is -0.128. The third-order valence-electron chi connectivity index (χ3n) is 4.06. The molecule has 7 nitrogen and oxygen atoms in total. The van der Waals surface area contributed by atoms with Crippen molar-refractivity contribution < 1.29 is 26.9 Å². The monoisotopic (exact) mass is 403 g/mol. The molecule has 0 aliphatic carbocycles. The van der Waals surface area contributed by atoms with Crippen LogP contribution < -0.4 is 4.74 Å². The smallest absolute Gasteiger partial charge is 0.309 e. The average molecular weight is 403 g/mol. The van der Waals surface area contributed by atoms with Crippen molar-refractivity contribution in [3.63, 3.8) is 0 Å². The van der Waals surface area contributed by atoms with Crippen LogP contribution in [0, 0.1) is 6.92 Å². The first-order valence-corrected chi connectivity index (χ1v) is 10.4. The van der Waals surface area contributed by atoms with Gasteiger partial charge >= 0.3 is 16.1 Å². The van der Waals surface area contributed by atoms with E-state index in [0.29, 0.717) is 17.9 Å². The molecule has 0 amide bonds. The standard InChI is InChI=1S/C20H21NO6S/c1-13-5-8-15(21-11-13)12-25-16-9-6-14(7-10-16)17-18(22)20(2,3)26-19(17)27-28(4,23)24/h5-11H,12H2,1-4H3. The highest BCUT2D eigenvalue weighted by atomic mass is 32.2. The van der Waals surface area contributed by atoms with Gasteiger partial charge in [-0.2, -0.15) is 8.42 Å². The number of aromatic nitrogens is 1. The molecule has 1 aromatic heterocycles. The molecule has 28 heavy (non-hydrogen) atoms. The van der Waals surface area contributed by atoms with Gasteiger partial charge in [-0.25, -0.2) is 0 Å². The van der Waals surface area contributed by atoms with E-state index in [1.54, 1.807) is 44.3 Å². The summed E-state index contributed by atoms with van der Waals surface area (Å²) in [7, 11) is -3.84. The van der Waals surface area contributed by atoms with Gasteiger partial charge in [-0.05, 0) is 50.1 Å². The van der Waals surface area contributed by atoms with Crippen LogP contribution in [-0.2, 0) is 30.4 Å². The fourth-order valence-electron chi connectivity index (χ4n) is 2.63. The van der Waals surface area contributed by atoms with Crippen LogP contribution in [0.3, 0.4) is 0 Å². The van der Waals surface area contributed by atoms with Crippen LogP contribution in [0.4, 0.5) is 0 Å². The van der Waals surface area contributed by atoms with Gasteiger partial charge in [0.2, 0.25) is 5.78 Å². The highest BCUT2D eigenvalue weighted by Crippen LogP contribution is 2.37. The van der Waals surface area contributed by atoms with Gasteiger partial charge in [0.1, 0.15) is 17.9 Å². The molecular formula is C20H21NO6S. The fourth-order valence-corrected chi connectivity index (χ4v) is 3.02. The Hall–Kier alpha value is -2.87. The molecule has 148 valence electrons. The summed E-state index contributed by atoms with van der Waals surface area (Å²) in [5.41, 5.74) is 1.22. The van der Waals surface area contributed by atoms with E-state index in [1.165, 1.54) is 0 Å². The summed E-state index contributed by atoms with van der Waals surface area (Å²) in [4.78, 5) is 16.9. The minimum absolute atomic E-state index is 0.0853. The molecule has 0 unspecified atom stereocenters. The van der Waals surface area contributed by atoms with Crippen molar-refractivity contribution in [3.05, 3.63) is 65.4 Å². The largest absolute Gasteiger partial charge is 0.487 e. The number of nitrogens with zero attached hydrogens (tertiary/aromatic N) is 1. The summed E-state index contributed by atoms with van der Waals surface area (Å²) in [6.07, 6.45) is 2.66. The molecule has 1 aromatic carbocycles. The van der Waals surface area contributed by atoms with Crippen LogP contribution in [0.25, 0.3) is 5.57 Å². The predicted octanol–water partition coefficient (Wildman–Crippen LogP) is 2.99. The number of pyridine rings is 1. The Bertz CT molecular complexity index is 1020. The zero-order valence-corrected chi connectivity index (χ0v) is 16.9. The number of carbonyl (C=O) groups is 1. The highest BCUT2D eigenvalue weighted by molar-refractivity contribution is 7.86. The molecule has 2 aromatic rings. The van der Waals surface area contributed by atoms with Gasteiger partial charge in [-0.3, -0.25) is 9.78 Å². The summed E-state index contributed by atoms with van der Waals surface area (Å²) < 4.78 is 39.0. The Labute approximate surface area is 164 Å². The topological polar surface area (TPSA) is 91.8 Å². The maximum Gasteiger partial charge on any atom is 0.309 e.